The number of hydrogen-bond acceptors (Lipinski definition) is 3. The van der Waals surface area contributed by atoms with E-state index in [1.54, 1.807) is 6.20 Å². The maximum Gasteiger partial charge on any atom is 0.181 e. The number of benzene rings is 1. The summed E-state index contributed by atoms with van der Waals surface area (Å²) in [5.41, 5.74) is 7.49. The second-order valence-electron chi connectivity index (χ2n) is 4.05. The largest absolute Gasteiger partial charge is 0.471 e. The van der Waals surface area contributed by atoms with Gasteiger partial charge < -0.3 is 10.5 Å². The Morgan fingerprint density at radius 1 is 1.28 bits per heavy atom. The molecule has 96 valence electrons. The lowest BCUT2D eigenvalue weighted by Crippen LogP contribution is -2.06. The summed E-state index contributed by atoms with van der Waals surface area (Å²) in [5.74, 6) is 1.03. The van der Waals surface area contributed by atoms with Gasteiger partial charge in [0.05, 0.1) is 0 Å². The topological polar surface area (TPSA) is 53.1 Å². The van der Waals surface area contributed by atoms with E-state index in [0.717, 1.165) is 21.9 Å². The molecule has 2 aromatic rings. The van der Waals surface area contributed by atoms with Crippen LogP contribution in [0.25, 0.3) is 0 Å². The molecule has 0 aliphatic rings. The molecular weight excluding hydrogens is 273 g/mol. The Hall–Kier alpha value is -1.39. The summed E-state index contributed by atoms with van der Waals surface area (Å²) in [5, 5.41) is 5.18. The van der Waals surface area contributed by atoms with E-state index in [-0.39, 0.29) is 6.73 Å². The minimum absolute atomic E-state index is 0.247. The van der Waals surface area contributed by atoms with Crippen LogP contribution in [0.3, 0.4) is 0 Å². The van der Waals surface area contributed by atoms with Gasteiger partial charge >= 0.3 is 0 Å². The smallest absolute Gasteiger partial charge is 0.181 e. The van der Waals surface area contributed by atoms with Crippen LogP contribution in [0.4, 0.5) is 5.82 Å². The van der Waals surface area contributed by atoms with E-state index < -0.39 is 0 Å². The van der Waals surface area contributed by atoms with E-state index in [1.807, 2.05) is 26.0 Å². The summed E-state index contributed by atoms with van der Waals surface area (Å²) >= 11 is 11.9. The molecule has 0 aliphatic heterocycles. The van der Waals surface area contributed by atoms with Gasteiger partial charge in [0.15, 0.2) is 12.5 Å². The number of hydrogen-bond donors (Lipinski definition) is 1. The number of nitrogens with two attached hydrogens (primary N) is 1. The number of nitrogens with zero attached hydrogens (tertiary/aromatic N) is 2. The van der Waals surface area contributed by atoms with Crippen molar-refractivity contribution in [1.82, 2.24) is 9.78 Å². The summed E-state index contributed by atoms with van der Waals surface area (Å²) < 4.78 is 7.14. The molecule has 4 nitrogen and oxygen atoms in total. The maximum absolute atomic E-state index is 6.08. The summed E-state index contributed by atoms with van der Waals surface area (Å²) in [7, 11) is 0. The predicted molar refractivity (Wildman–Crippen MR) is 73.2 cm³/mol. The molecule has 0 unspecified atom stereocenters. The van der Waals surface area contributed by atoms with Crippen molar-refractivity contribution in [2.24, 2.45) is 0 Å². The fourth-order valence-electron chi connectivity index (χ4n) is 1.61. The van der Waals surface area contributed by atoms with Crippen molar-refractivity contribution >= 4 is 29.0 Å². The molecule has 0 amide bonds. The van der Waals surface area contributed by atoms with Crippen LogP contribution in [-0.2, 0) is 6.73 Å². The summed E-state index contributed by atoms with van der Waals surface area (Å²) in [6, 6.07) is 3.76. The van der Waals surface area contributed by atoms with Crippen LogP contribution in [0.5, 0.6) is 5.75 Å². The van der Waals surface area contributed by atoms with Gasteiger partial charge in [-0.05, 0) is 37.1 Å². The second-order valence-corrected chi connectivity index (χ2v) is 4.83. The Balaban J connectivity index is 2.11. The van der Waals surface area contributed by atoms with Crippen molar-refractivity contribution in [1.29, 1.82) is 0 Å². The van der Waals surface area contributed by atoms with Gasteiger partial charge in [-0.3, -0.25) is 0 Å². The zero-order chi connectivity index (χ0) is 13.3. The van der Waals surface area contributed by atoms with E-state index >= 15 is 0 Å². The van der Waals surface area contributed by atoms with Gasteiger partial charge in [-0.25, -0.2) is 4.68 Å². The van der Waals surface area contributed by atoms with Gasteiger partial charge in [0, 0.05) is 11.2 Å². The molecule has 0 saturated heterocycles. The zero-order valence-electron chi connectivity index (χ0n) is 10.1. The average Bonchev–Trinajstić information content (AvgIpc) is 2.63. The van der Waals surface area contributed by atoms with Gasteiger partial charge in [0.2, 0.25) is 0 Å². The lowest BCUT2D eigenvalue weighted by atomic mass is 10.1. The molecule has 1 heterocycles. The molecule has 0 radical (unpaired) electrons. The van der Waals surface area contributed by atoms with Crippen molar-refractivity contribution in [3.63, 3.8) is 0 Å². The number of aromatic nitrogens is 2. The number of anilines is 1. The van der Waals surface area contributed by atoms with Crippen LogP contribution in [0.2, 0.25) is 10.0 Å². The van der Waals surface area contributed by atoms with Crippen LogP contribution < -0.4 is 10.5 Å². The number of aryl methyl sites for hydroxylation is 2. The fourth-order valence-corrected chi connectivity index (χ4v) is 1.87. The lowest BCUT2D eigenvalue weighted by Gasteiger charge is -2.09. The number of nitrogen functional groups attached to an aromatic ring is 1. The monoisotopic (exact) mass is 285 g/mol. The van der Waals surface area contributed by atoms with Crippen LogP contribution in [0.1, 0.15) is 11.1 Å². The Labute approximate surface area is 115 Å². The van der Waals surface area contributed by atoms with Gasteiger partial charge in [-0.15, -0.1) is 0 Å². The van der Waals surface area contributed by atoms with Gasteiger partial charge in [-0.2, -0.15) is 5.10 Å². The molecule has 0 aliphatic carbocycles. The third-order valence-electron chi connectivity index (χ3n) is 2.52. The first-order valence-corrected chi connectivity index (χ1v) is 6.11. The number of ether oxygens (including phenoxy) is 1. The lowest BCUT2D eigenvalue weighted by molar-refractivity contribution is 0.221. The standard InChI is InChI=1S/C12H13Cl2N3O/c1-7-3-9(4-8(2)11(7)14)18-6-17-5-10(13)12(15)16-17/h3-5H,6H2,1-2H3,(H2,15,16). The first-order valence-electron chi connectivity index (χ1n) is 5.35. The quantitative estimate of drug-likeness (QED) is 0.940. The molecule has 1 aromatic carbocycles. The highest BCUT2D eigenvalue weighted by Gasteiger charge is 2.05. The summed E-state index contributed by atoms with van der Waals surface area (Å²) in [6.45, 7) is 4.12. The average molecular weight is 286 g/mol. The van der Waals surface area contributed by atoms with Crippen molar-refractivity contribution in [3.8, 4) is 5.75 Å². The minimum Gasteiger partial charge on any atom is -0.471 e. The van der Waals surface area contributed by atoms with E-state index in [2.05, 4.69) is 5.10 Å². The van der Waals surface area contributed by atoms with E-state index in [9.17, 15) is 0 Å². The minimum atomic E-state index is 0.247. The molecule has 0 fully saturated rings. The van der Waals surface area contributed by atoms with E-state index in [4.69, 9.17) is 33.7 Å². The van der Waals surface area contributed by atoms with Gasteiger partial charge in [0.1, 0.15) is 10.8 Å². The third kappa shape index (κ3) is 2.71. The van der Waals surface area contributed by atoms with Crippen LogP contribution >= 0.6 is 23.2 Å². The van der Waals surface area contributed by atoms with Crippen molar-refractivity contribution in [2.45, 2.75) is 20.6 Å². The number of halogens is 2. The molecule has 0 spiro atoms. The first-order chi connectivity index (χ1) is 8.47. The molecule has 0 bridgehead atoms. The molecule has 0 saturated carbocycles. The van der Waals surface area contributed by atoms with Gasteiger partial charge in [0.25, 0.3) is 0 Å². The summed E-state index contributed by atoms with van der Waals surface area (Å²) in [4.78, 5) is 0. The highest BCUT2D eigenvalue weighted by atomic mass is 35.5. The SMILES string of the molecule is Cc1cc(OCn2cc(Cl)c(N)n2)cc(C)c1Cl. The number of rotatable bonds is 3. The Kier molecular flexibility index (Phi) is 3.68. The van der Waals surface area contributed by atoms with Crippen molar-refractivity contribution < 1.29 is 4.74 Å². The normalized spacial score (nSPS) is 10.7. The molecule has 2 rings (SSSR count). The second kappa shape index (κ2) is 5.08. The van der Waals surface area contributed by atoms with Gasteiger partial charge in [-0.1, -0.05) is 23.2 Å². The van der Waals surface area contributed by atoms with Crippen molar-refractivity contribution in [2.75, 3.05) is 5.73 Å². The molecule has 2 N–H and O–H groups in total. The van der Waals surface area contributed by atoms with E-state index in [0.29, 0.717) is 10.8 Å². The Morgan fingerprint density at radius 2 is 1.89 bits per heavy atom. The highest BCUT2D eigenvalue weighted by molar-refractivity contribution is 6.32. The maximum atomic E-state index is 6.08. The predicted octanol–water partition coefficient (Wildman–Crippen LogP) is 3.43. The Morgan fingerprint density at radius 3 is 2.39 bits per heavy atom. The highest BCUT2D eigenvalue weighted by Crippen LogP contribution is 2.26. The van der Waals surface area contributed by atoms with E-state index in [1.165, 1.54) is 4.68 Å². The fraction of sp³-hybridized carbons (Fsp3) is 0.250. The first kappa shape index (κ1) is 13.1. The Bertz CT molecular complexity index is 538. The molecule has 18 heavy (non-hydrogen) atoms. The molecule has 1 aromatic heterocycles. The van der Waals surface area contributed by atoms with Crippen molar-refractivity contribution in [3.05, 3.63) is 39.5 Å². The van der Waals surface area contributed by atoms with Crippen LogP contribution in [0.15, 0.2) is 18.3 Å². The molecular formula is C12H13Cl2N3O. The zero-order valence-corrected chi connectivity index (χ0v) is 11.6. The van der Waals surface area contributed by atoms with Crippen LogP contribution in [-0.4, -0.2) is 9.78 Å². The third-order valence-corrected chi connectivity index (χ3v) is 3.40. The van der Waals surface area contributed by atoms with Crippen LogP contribution in [0, 0.1) is 13.8 Å². The summed E-state index contributed by atoms with van der Waals surface area (Å²) in [6.07, 6.45) is 1.62. The molecule has 0 atom stereocenters. The molecule has 6 heteroatoms.